The van der Waals surface area contributed by atoms with Crippen LogP contribution in [0.2, 0.25) is 0 Å². The molecule has 9 heteroatoms. The van der Waals surface area contributed by atoms with Crippen molar-refractivity contribution in [3.63, 3.8) is 0 Å². The second-order valence-electron chi connectivity index (χ2n) is 6.50. The van der Waals surface area contributed by atoms with Crippen LogP contribution < -0.4 is 15.4 Å². The maximum Gasteiger partial charge on any atom is 0.323 e. The lowest BCUT2D eigenvalue weighted by Gasteiger charge is -2.10. The van der Waals surface area contributed by atoms with Gasteiger partial charge in [-0.3, -0.25) is 0 Å². The van der Waals surface area contributed by atoms with Crippen LogP contribution in [0.25, 0.3) is 5.82 Å². The van der Waals surface area contributed by atoms with Crippen molar-refractivity contribution in [1.29, 1.82) is 0 Å². The highest BCUT2D eigenvalue weighted by atomic mass is 32.2. The van der Waals surface area contributed by atoms with Crippen LogP contribution in [0.5, 0.6) is 11.6 Å². The predicted octanol–water partition coefficient (Wildman–Crippen LogP) is 5.13. The highest BCUT2D eigenvalue weighted by molar-refractivity contribution is 7.98. The van der Waals surface area contributed by atoms with Crippen LogP contribution in [0.1, 0.15) is 5.82 Å². The van der Waals surface area contributed by atoms with Gasteiger partial charge in [0, 0.05) is 34.7 Å². The SMILES string of the molecule is CSc1cccc(NC(=O)Nc2ccc(Oc3cc(-n4cccn4)nc(C)n3)cc2)c1. The summed E-state index contributed by atoms with van der Waals surface area (Å²) in [6.07, 6.45) is 5.47. The number of thioether (sulfide) groups is 1. The summed E-state index contributed by atoms with van der Waals surface area (Å²) < 4.78 is 7.50. The zero-order valence-corrected chi connectivity index (χ0v) is 17.8. The fourth-order valence-corrected chi connectivity index (χ4v) is 3.28. The third-order valence-electron chi connectivity index (χ3n) is 4.20. The number of rotatable bonds is 6. The van der Waals surface area contributed by atoms with Crippen molar-refractivity contribution in [3.05, 3.63) is 78.9 Å². The number of hydrogen-bond donors (Lipinski definition) is 2. The van der Waals surface area contributed by atoms with Crippen LogP contribution in [-0.2, 0) is 0 Å². The second-order valence-corrected chi connectivity index (χ2v) is 7.38. The number of carbonyl (C=O) groups excluding carboxylic acids is 1. The van der Waals surface area contributed by atoms with Crippen molar-refractivity contribution in [2.75, 3.05) is 16.9 Å². The number of anilines is 2. The number of benzene rings is 2. The van der Waals surface area contributed by atoms with E-state index in [1.807, 2.05) is 36.6 Å². The van der Waals surface area contributed by atoms with Gasteiger partial charge in [-0.15, -0.1) is 11.8 Å². The van der Waals surface area contributed by atoms with Gasteiger partial charge in [-0.1, -0.05) is 6.07 Å². The molecule has 0 unspecified atom stereocenters. The number of urea groups is 1. The van der Waals surface area contributed by atoms with E-state index >= 15 is 0 Å². The zero-order chi connectivity index (χ0) is 21.6. The van der Waals surface area contributed by atoms with E-state index in [4.69, 9.17) is 4.74 Å². The van der Waals surface area contributed by atoms with Gasteiger partial charge in [-0.2, -0.15) is 10.1 Å². The molecule has 0 spiro atoms. The van der Waals surface area contributed by atoms with Gasteiger partial charge in [0.05, 0.1) is 0 Å². The Bertz CT molecular complexity index is 1180. The molecule has 0 aliphatic rings. The average molecular weight is 433 g/mol. The van der Waals surface area contributed by atoms with Crippen molar-refractivity contribution in [2.45, 2.75) is 11.8 Å². The molecular weight excluding hydrogens is 412 g/mol. The highest BCUT2D eigenvalue weighted by Crippen LogP contribution is 2.23. The minimum atomic E-state index is -0.317. The van der Waals surface area contributed by atoms with Crippen molar-refractivity contribution in [3.8, 4) is 17.4 Å². The van der Waals surface area contributed by atoms with Crippen molar-refractivity contribution in [2.24, 2.45) is 0 Å². The molecule has 0 aliphatic heterocycles. The number of carbonyl (C=O) groups is 1. The summed E-state index contributed by atoms with van der Waals surface area (Å²) in [5.74, 6) is 2.18. The number of hydrogen-bond acceptors (Lipinski definition) is 6. The Morgan fingerprint density at radius 1 is 1.00 bits per heavy atom. The number of aryl methyl sites for hydroxylation is 1. The van der Waals surface area contributed by atoms with Crippen molar-refractivity contribution >= 4 is 29.2 Å². The Morgan fingerprint density at radius 3 is 2.55 bits per heavy atom. The molecule has 156 valence electrons. The monoisotopic (exact) mass is 432 g/mol. The normalized spacial score (nSPS) is 10.5. The molecule has 0 fully saturated rings. The topological polar surface area (TPSA) is 94.0 Å². The van der Waals surface area contributed by atoms with Crippen LogP contribution in [0.15, 0.2) is 78.0 Å². The average Bonchev–Trinajstić information content (AvgIpc) is 3.30. The van der Waals surface area contributed by atoms with Crippen molar-refractivity contribution in [1.82, 2.24) is 19.7 Å². The molecule has 0 saturated carbocycles. The van der Waals surface area contributed by atoms with E-state index in [1.54, 1.807) is 66.1 Å². The molecule has 31 heavy (non-hydrogen) atoms. The largest absolute Gasteiger partial charge is 0.439 e. The molecule has 0 saturated heterocycles. The molecule has 2 amide bonds. The number of amides is 2. The molecule has 4 aromatic rings. The van der Waals surface area contributed by atoms with Crippen molar-refractivity contribution < 1.29 is 9.53 Å². The smallest absolute Gasteiger partial charge is 0.323 e. The molecule has 0 aliphatic carbocycles. The molecule has 0 atom stereocenters. The Labute approximate surface area is 183 Å². The summed E-state index contributed by atoms with van der Waals surface area (Å²) >= 11 is 1.62. The lowest BCUT2D eigenvalue weighted by atomic mass is 10.3. The third-order valence-corrected chi connectivity index (χ3v) is 4.93. The molecule has 2 aromatic carbocycles. The molecular formula is C22H20N6O2S. The van der Waals surface area contributed by atoms with Gasteiger partial charge in [-0.05, 0) is 61.7 Å². The summed E-state index contributed by atoms with van der Waals surface area (Å²) in [5.41, 5.74) is 1.37. The first kappa shape index (κ1) is 20.4. The fraction of sp³-hybridized carbons (Fsp3) is 0.0909. The van der Waals surface area contributed by atoms with E-state index in [-0.39, 0.29) is 6.03 Å². The maximum absolute atomic E-state index is 12.3. The quantitative estimate of drug-likeness (QED) is 0.410. The van der Waals surface area contributed by atoms with E-state index in [9.17, 15) is 4.79 Å². The molecule has 2 N–H and O–H groups in total. The van der Waals surface area contributed by atoms with E-state index in [1.165, 1.54) is 0 Å². The van der Waals surface area contributed by atoms with Crippen LogP contribution in [0, 0.1) is 6.92 Å². The molecule has 4 rings (SSSR count). The van der Waals surface area contributed by atoms with Gasteiger partial charge in [0.15, 0.2) is 5.82 Å². The first-order valence-corrected chi connectivity index (χ1v) is 10.7. The zero-order valence-electron chi connectivity index (χ0n) is 16.9. The van der Waals surface area contributed by atoms with Crippen LogP contribution in [0.4, 0.5) is 16.2 Å². The Morgan fingerprint density at radius 2 is 1.81 bits per heavy atom. The molecule has 2 aromatic heterocycles. The Kier molecular flexibility index (Phi) is 6.13. The van der Waals surface area contributed by atoms with Crippen LogP contribution in [-0.4, -0.2) is 32.0 Å². The van der Waals surface area contributed by atoms with E-state index < -0.39 is 0 Å². The summed E-state index contributed by atoms with van der Waals surface area (Å²) in [6, 6.07) is 17.9. The van der Waals surface area contributed by atoms with Crippen LogP contribution >= 0.6 is 11.8 Å². The number of nitrogens with one attached hydrogen (secondary N) is 2. The van der Waals surface area contributed by atoms with E-state index in [2.05, 4.69) is 25.7 Å². The van der Waals surface area contributed by atoms with Gasteiger partial charge >= 0.3 is 6.03 Å². The maximum atomic E-state index is 12.3. The summed E-state index contributed by atoms with van der Waals surface area (Å²) in [5, 5.41) is 9.81. The predicted molar refractivity (Wildman–Crippen MR) is 121 cm³/mol. The molecule has 0 radical (unpaired) electrons. The van der Waals surface area contributed by atoms with Gasteiger partial charge < -0.3 is 15.4 Å². The first-order chi connectivity index (χ1) is 15.1. The summed E-state index contributed by atoms with van der Waals surface area (Å²) in [7, 11) is 0. The van der Waals surface area contributed by atoms with Gasteiger partial charge in [0.1, 0.15) is 11.6 Å². The number of aromatic nitrogens is 4. The van der Waals surface area contributed by atoms with Gasteiger partial charge in [-0.25, -0.2) is 14.5 Å². The van der Waals surface area contributed by atoms with E-state index in [0.717, 1.165) is 10.6 Å². The molecule has 0 bridgehead atoms. The van der Waals surface area contributed by atoms with E-state index in [0.29, 0.717) is 29.0 Å². The number of ether oxygens (including phenoxy) is 1. The minimum Gasteiger partial charge on any atom is -0.439 e. The Hall–Kier alpha value is -3.85. The third kappa shape index (κ3) is 5.40. The lowest BCUT2D eigenvalue weighted by molar-refractivity contribution is 0.262. The van der Waals surface area contributed by atoms with Crippen LogP contribution in [0.3, 0.4) is 0 Å². The van der Waals surface area contributed by atoms with Gasteiger partial charge in [0.25, 0.3) is 0 Å². The Balaban J connectivity index is 1.40. The fourth-order valence-electron chi connectivity index (χ4n) is 2.82. The molecule has 2 heterocycles. The lowest BCUT2D eigenvalue weighted by Crippen LogP contribution is -2.19. The van der Waals surface area contributed by atoms with Gasteiger partial charge in [0.2, 0.25) is 5.88 Å². The summed E-state index contributed by atoms with van der Waals surface area (Å²) in [4.78, 5) is 22.0. The standard InChI is InChI=1S/C22H20N6O2S/c1-15-24-20(28-12-4-11-23-28)14-21(25-15)30-18-9-7-16(8-10-18)26-22(29)27-17-5-3-6-19(13-17)31-2/h3-14H,1-2H3,(H2,26,27,29). The first-order valence-electron chi connectivity index (χ1n) is 9.45. The molecule has 8 nitrogen and oxygen atoms in total. The minimum absolute atomic E-state index is 0.317. The second kappa shape index (κ2) is 9.31. The highest BCUT2D eigenvalue weighted by Gasteiger charge is 2.08. The summed E-state index contributed by atoms with van der Waals surface area (Å²) in [6.45, 7) is 1.79. The number of nitrogens with zero attached hydrogens (tertiary/aromatic N) is 4.